The summed E-state index contributed by atoms with van der Waals surface area (Å²) in [6.45, 7) is 3.85. The van der Waals surface area contributed by atoms with E-state index >= 15 is 0 Å². The van der Waals surface area contributed by atoms with Gasteiger partial charge in [-0.3, -0.25) is 0 Å². The zero-order valence-corrected chi connectivity index (χ0v) is 6.75. The lowest BCUT2D eigenvalue weighted by Gasteiger charge is -2.22. The van der Waals surface area contributed by atoms with Gasteiger partial charge < -0.3 is 0 Å². The highest BCUT2D eigenvalue weighted by molar-refractivity contribution is 6.24. The van der Waals surface area contributed by atoms with Gasteiger partial charge in [-0.15, -0.1) is 23.2 Å². The Hall–Kier alpha value is 0.320. The van der Waals surface area contributed by atoms with Crippen LogP contribution in [0.5, 0.6) is 0 Å². The van der Waals surface area contributed by atoms with Gasteiger partial charge in [0.15, 0.2) is 0 Å². The number of halogens is 2. The fourth-order valence-corrected chi connectivity index (χ4v) is 2.11. The highest BCUT2D eigenvalue weighted by Gasteiger charge is 2.19. The van der Waals surface area contributed by atoms with Crippen LogP contribution < -0.4 is 0 Å². The predicted molar refractivity (Wildman–Crippen MR) is 42.3 cm³/mol. The van der Waals surface area contributed by atoms with E-state index < -0.39 is 0 Å². The summed E-state index contributed by atoms with van der Waals surface area (Å²) in [6, 6.07) is 0. The van der Waals surface area contributed by atoms with Gasteiger partial charge in [-0.1, -0.05) is 12.2 Å². The molecule has 2 heteroatoms. The van der Waals surface area contributed by atoms with Gasteiger partial charge in [0.2, 0.25) is 0 Å². The van der Waals surface area contributed by atoms with Crippen molar-refractivity contribution in [1.29, 1.82) is 0 Å². The third kappa shape index (κ3) is 2.19. The molecular formula is C7H10Cl2. The summed E-state index contributed by atoms with van der Waals surface area (Å²) < 4.78 is 0. The first kappa shape index (κ1) is 7.43. The van der Waals surface area contributed by atoms with Gasteiger partial charge in [0.05, 0.1) is 0 Å². The second-order valence-electron chi connectivity index (χ2n) is 2.59. The molecule has 2 unspecified atom stereocenters. The van der Waals surface area contributed by atoms with Crippen LogP contribution in [0.25, 0.3) is 0 Å². The molecule has 0 aromatic carbocycles. The van der Waals surface area contributed by atoms with Crippen LogP contribution in [-0.2, 0) is 0 Å². The van der Waals surface area contributed by atoms with Crippen molar-refractivity contribution in [3.05, 3.63) is 12.2 Å². The highest BCUT2D eigenvalue weighted by atomic mass is 35.5. The van der Waals surface area contributed by atoms with Crippen molar-refractivity contribution >= 4 is 23.2 Å². The van der Waals surface area contributed by atoms with E-state index in [1.807, 2.05) is 0 Å². The number of hydrogen-bond acceptors (Lipinski definition) is 0. The minimum atomic E-state index is 0.230. The molecule has 1 rings (SSSR count). The lowest BCUT2D eigenvalue weighted by atomic mass is 9.95. The second-order valence-corrected chi connectivity index (χ2v) is 3.82. The number of rotatable bonds is 0. The third-order valence-electron chi connectivity index (χ3n) is 1.53. The number of alkyl halides is 2. The van der Waals surface area contributed by atoms with Gasteiger partial charge >= 0.3 is 0 Å². The largest absolute Gasteiger partial charge is 0.123 e. The number of allylic oxidation sites excluding steroid dienone is 1. The fourth-order valence-electron chi connectivity index (χ4n) is 1.15. The van der Waals surface area contributed by atoms with Gasteiger partial charge in [0.25, 0.3) is 0 Å². The smallest absolute Gasteiger partial charge is 0.0387 e. The Labute approximate surface area is 65.8 Å². The summed E-state index contributed by atoms with van der Waals surface area (Å²) in [5.74, 6) is 0. The maximum absolute atomic E-state index is 5.86. The van der Waals surface area contributed by atoms with Gasteiger partial charge in [0, 0.05) is 10.8 Å². The monoisotopic (exact) mass is 164 g/mol. The molecule has 0 heterocycles. The van der Waals surface area contributed by atoms with E-state index in [0.29, 0.717) is 0 Å². The van der Waals surface area contributed by atoms with Crippen LogP contribution in [0, 0.1) is 0 Å². The summed E-state index contributed by atoms with van der Waals surface area (Å²) in [5, 5.41) is 0.461. The van der Waals surface area contributed by atoms with Crippen LogP contribution in [0.3, 0.4) is 0 Å². The Bertz CT molecular complexity index is 108. The Balaban J connectivity index is 2.43. The summed E-state index contributed by atoms with van der Waals surface area (Å²) >= 11 is 11.7. The van der Waals surface area contributed by atoms with Crippen LogP contribution in [0.4, 0.5) is 0 Å². The molecule has 9 heavy (non-hydrogen) atoms. The first-order chi connectivity index (χ1) is 4.18. The summed E-state index contributed by atoms with van der Waals surface area (Å²) in [7, 11) is 0. The van der Waals surface area contributed by atoms with Crippen molar-refractivity contribution in [3.8, 4) is 0 Å². The van der Waals surface area contributed by atoms with E-state index in [-0.39, 0.29) is 10.8 Å². The Morgan fingerprint density at radius 2 is 1.67 bits per heavy atom. The van der Waals surface area contributed by atoms with E-state index in [1.54, 1.807) is 0 Å². The normalized spacial score (nSPS) is 36.9. The molecule has 0 aliphatic heterocycles. The van der Waals surface area contributed by atoms with E-state index in [0.717, 1.165) is 19.3 Å². The van der Waals surface area contributed by atoms with E-state index in [4.69, 9.17) is 23.2 Å². The van der Waals surface area contributed by atoms with Crippen molar-refractivity contribution in [1.82, 2.24) is 0 Å². The molecule has 0 bridgehead atoms. The van der Waals surface area contributed by atoms with E-state index in [2.05, 4.69) is 6.58 Å². The minimum Gasteiger partial charge on any atom is -0.123 e. The molecule has 0 radical (unpaired) electrons. The molecule has 0 aromatic heterocycles. The third-order valence-corrected chi connectivity index (χ3v) is 2.20. The maximum Gasteiger partial charge on any atom is 0.0387 e. The van der Waals surface area contributed by atoms with Crippen LogP contribution in [0.1, 0.15) is 19.3 Å². The van der Waals surface area contributed by atoms with E-state index in [9.17, 15) is 0 Å². The van der Waals surface area contributed by atoms with E-state index in [1.165, 1.54) is 5.57 Å². The molecule has 0 N–H and O–H groups in total. The summed E-state index contributed by atoms with van der Waals surface area (Å²) in [4.78, 5) is 0. The van der Waals surface area contributed by atoms with Crippen molar-refractivity contribution in [3.63, 3.8) is 0 Å². The van der Waals surface area contributed by atoms with Crippen molar-refractivity contribution < 1.29 is 0 Å². The lowest BCUT2D eigenvalue weighted by molar-refractivity contribution is 0.616. The Kier molecular flexibility index (Phi) is 2.42. The van der Waals surface area contributed by atoms with Crippen LogP contribution in [-0.4, -0.2) is 10.8 Å². The molecule has 1 fully saturated rings. The molecule has 2 atom stereocenters. The van der Waals surface area contributed by atoms with Gasteiger partial charge in [-0.2, -0.15) is 0 Å². The minimum absolute atomic E-state index is 0.230. The first-order valence-corrected chi connectivity index (χ1v) is 4.00. The quantitative estimate of drug-likeness (QED) is 0.382. The molecule has 1 aliphatic carbocycles. The predicted octanol–water partition coefficient (Wildman–Crippen LogP) is 2.94. The SMILES string of the molecule is C=C1CC(Cl)CC(Cl)C1. The molecule has 0 spiro atoms. The molecule has 0 amide bonds. The zero-order valence-electron chi connectivity index (χ0n) is 5.24. The fraction of sp³-hybridized carbons (Fsp3) is 0.714. The summed E-state index contributed by atoms with van der Waals surface area (Å²) in [6.07, 6.45) is 2.83. The highest BCUT2D eigenvalue weighted by Crippen LogP contribution is 2.29. The van der Waals surface area contributed by atoms with Crippen LogP contribution in [0.2, 0.25) is 0 Å². The van der Waals surface area contributed by atoms with Crippen molar-refractivity contribution in [2.24, 2.45) is 0 Å². The maximum atomic E-state index is 5.86. The number of hydrogen-bond donors (Lipinski definition) is 0. The molecule has 0 nitrogen and oxygen atoms in total. The molecule has 0 aromatic rings. The van der Waals surface area contributed by atoms with Crippen LogP contribution >= 0.6 is 23.2 Å². The molecular weight excluding hydrogens is 155 g/mol. The summed E-state index contributed by atoms with van der Waals surface area (Å²) in [5.41, 5.74) is 1.20. The standard InChI is InChI=1S/C7H10Cl2/c1-5-2-6(8)4-7(9)3-5/h6-7H,1-4H2. The second kappa shape index (κ2) is 2.94. The van der Waals surface area contributed by atoms with Crippen molar-refractivity contribution in [2.75, 3.05) is 0 Å². The average Bonchev–Trinajstić information content (AvgIpc) is 1.59. The topological polar surface area (TPSA) is 0 Å². The lowest BCUT2D eigenvalue weighted by Crippen LogP contribution is -2.16. The molecule has 0 saturated heterocycles. The van der Waals surface area contributed by atoms with Gasteiger partial charge in [-0.05, 0) is 19.3 Å². The van der Waals surface area contributed by atoms with Gasteiger partial charge in [-0.25, -0.2) is 0 Å². The molecule has 52 valence electrons. The Morgan fingerprint density at radius 3 is 2.00 bits per heavy atom. The zero-order chi connectivity index (χ0) is 6.85. The molecule has 1 saturated carbocycles. The van der Waals surface area contributed by atoms with Gasteiger partial charge in [0.1, 0.15) is 0 Å². The van der Waals surface area contributed by atoms with Crippen molar-refractivity contribution in [2.45, 2.75) is 30.0 Å². The van der Waals surface area contributed by atoms with Crippen LogP contribution in [0.15, 0.2) is 12.2 Å². The Morgan fingerprint density at radius 1 is 1.22 bits per heavy atom. The first-order valence-electron chi connectivity index (χ1n) is 3.13. The molecule has 1 aliphatic rings. The average molecular weight is 165 g/mol.